The number of aromatic nitrogens is 1. The molecule has 1 aliphatic carbocycles. The maximum Gasteiger partial charge on any atom is 0.0954 e. The molecule has 1 saturated carbocycles. The number of hydrogen-bond donors (Lipinski definition) is 1. The SMILES string of the molecule is CC(C)c1nc(CNC2(C)CCC2)cs1. The minimum atomic E-state index is 0.390. The van der Waals surface area contributed by atoms with Gasteiger partial charge in [-0.25, -0.2) is 4.98 Å². The molecule has 1 N–H and O–H groups in total. The van der Waals surface area contributed by atoms with Crippen molar-refractivity contribution >= 4 is 11.3 Å². The molecule has 1 aliphatic rings. The van der Waals surface area contributed by atoms with Crippen LogP contribution < -0.4 is 5.32 Å². The highest BCUT2D eigenvalue weighted by Crippen LogP contribution is 2.31. The van der Waals surface area contributed by atoms with Gasteiger partial charge in [0.2, 0.25) is 0 Å². The lowest BCUT2D eigenvalue weighted by Gasteiger charge is -2.39. The van der Waals surface area contributed by atoms with Gasteiger partial charge in [-0.05, 0) is 26.2 Å². The third-order valence-corrected chi connectivity index (χ3v) is 4.41. The van der Waals surface area contributed by atoms with Crippen molar-refractivity contribution in [2.75, 3.05) is 0 Å². The van der Waals surface area contributed by atoms with Crippen LogP contribution in [0.3, 0.4) is 0 Å². The molecule has 0 unspecified atom stereocenters. The molecular weight excluding hydrogens is 204 g/mol. The molecule has 2 rings (SSSR count). The Morgan fingerprint density at radius 2 is 2.27 bits per heavy atom. The predicted molar refractivity (Wildman–Crippen MR) is 65.3 cm³/mol. The molecule has 0 radical (unpaired) electrons. The van der Waals surface area contributed by atoms with Crippen molar-refractivity contribution in [3.63, 3.8) is 0 Å². The van der Waals surface area contributed by atoms with Gasteiger partial charge in [0, 0.05) is 23.4 Å². The quantitative estimate of drug-likeness (QED) is 0.849. The average molecular weight is 224 g/mol. The Labute approximate surface area is 96.1 Å². The van der Waals surface area contributed by atoms with E-state index in [0.717, 1.165) is 6.54 Å². The van der Waals surface area contributed by atoms with E-state index in [0.29, 0.717) is 11.5 Å². The maximum atomic E-state index is 4.63. The minimum absolute atomic E-state index is 0.390. The highest BCUT2D eigenvalue weighted by atomic mass is 32.1. The first kappa shape index (κ1) is 11.1. The lowest BCUT2D eigenvalue weighted by molar-refractivity contribution is 0.206. The monoisotopic (exact) mass is 224 g/mol. The third kappa shape index (κ3) is 2.58. The summed E-state index contributed by atoms with van der Waals surface area (Å²) in [4.78, 5) is 4.63. The average Bonchev–Trinajstić information content (AvgIpc) is 2.60. The van der Waals surface area contributed by atoms with Gasteiger partial charge in [0.15, 0.2) is 0 Å². The van der Waals surface area contributed by atoms with E-state index in [1.165, 1.54) is 30.0 Å². The molecule has 0 aliphatic heterocycles. The van der Waals surface area contributed by atoms with Crippen LogP contribution >= 0.6 is 11.3 Å². The first-order chi connectivity index (χ1) is 7.09. The minimum Gasteiger partial charge on any atom is -0.306 e. The molecule has 0 saturated heterocycles. The number of rotatable bonds is 4. The number of nitrogens with one attached hydrogen (secondary N) is 1. The van der Waals surface area contributed by atoms with E-state index in [4.69, 9.17) is 0 Å². The molecule has 0 aromatic carbocycles. The lowest BCUT2D eigenvalue weighted by atomic mass is 9.78. The molecule has 1 fully saturated rings. The van der Waals surface area contributed by atoms with Crippen molar-refractivity contribution in [3.05, 3.63) is 16.1 Å². The van der Waals surface area contributed by atoms with Crippen molar-refractivity contribution in [2.45, 2.75) is 58.0 Å². The Bertz CT molecular complexity index is 326. The molecule has 15 heavy (non-hydrogen) atoms. The summed E-state index contributed by atoms with van der Waals surface area (Å²) in [6, 6.07) is 0. The number of nitrogens with zero attached hydrogens (tertiary/aromatic N) is 1. The molecule has 3 heteroatoms. The fraction of sp³-hybridized carbons (Fsp3) is 0.750. The van der Waals surface area contributed by atoms with Crippen molar-refractivity contribution in [2.24, 2.45) is 0 Å². The normalized spacial score (nSPS) is 19.2. The van der Waals surface area contributed by atoms with Crippen molar-refractivity contribution in [1.29, 1.82) is 0 Å². The van der Waals surface area contributed by atoms with Gasteiger partial charge >= 0.3 is 0 Å². The zero-order chi connectivity index (χ0) is 10.9. The van der Waals surface area contributed by atoms with Gasteiger partial charge in [-0.1, -0.05) is 13.8 Å². The summed E-state index contributed by atoms with van der Waals surface area (Å²) in [5.41, 5.74) is 1.60. The highest BCUT2D eigenvalue weighted by Gasteiger charge is 2.30. The summed E-state index contributed by atoms with van der Waals surface area (Å²) in [7, 11) is 0. The lowest BCUT2D eigenvalue weighted by Crippen LogP contribution is -2.47. The second-order valence-electron chi connectivity index (χ2n) is 5.10. The summed E-state index contributed by atoms with van der Waals surface area (Å²) in [5, 5.41) is 7.05. The molecule has 1 heterocycles. The Balaban J connectivity index is 1.88. The molecule has 84 valence electrons. The maximum absolute atomic E-state index is 4.63. The van der Waals surface area contributed by atoms with E-state index in [2.05, 4.69) is 36.5 Å². The third-order valence-electron chi connectivity index (χ3n) is 3.22. The molecule has 0 amide bonds. The zero-order valence-electron chi connectivity index (χ0n) is 9.84. The van der Waals surface area contributed by atoms with Crippen LogP contribution in [-0.2, 0) is 6.54 Å². The summed E-state index contributed by atoms with van der Waals surface area (Å²) in [6.07, 6.45) is 4.00. The van der Waals surface area contributed by atoms with Crippen molar-refractivity contribution in [1.82, 2.24) is 10.3 Å². The summed E-state index contributed by atoms with van der Waals surface area (Å²) < 4.78 is 0. The Kier molecular flexibility index (Phi) is 3.12. The van der Waals surface area contributed by atoms with E-state index < -0.39 is 0 Å². The van der Waals surface area contributed by atoms with Crippen LogP contribution in [0.5, 0.6) is 0 Å². The Hall–Kier alpha value is -0.410. The Morgan fingerprint density at radius 1 is 1.53 bits per heavy atom. The fourth-order valence-corrected chi connectivity index (χ4v) is 2.69. The molecule has 1 aromatic heterocycles. The first-order valence-electron chi connectivity index (χ1n) is 5.78. The van der Waals surface area contributed by atoms with Gasteiger partial charge in [-0.3, -0.25) is 0 Å². The van der Waals surface area contributed by atoms with Crippen LogP contribution in [0.2, 0.25) is 0 Å². The molecular formula is C12H20N2S. The van der Waals surface area contributed by atoms with E-state index >= 15 is 0 Å². The summed E-state index contributed by atoms with van der Waals surface area (Å²) >= 11 is 1.78. The van der Waals surface area contributed by atoms with E-state index in [-0.39, 0.29) is 0 Å². The van der Waals surface area contributed by atoms with Crippen LogP contribution in [0, 0.1) is 0 Å². The molecule has 0 spiro atoms. The van der Waals surface area contributed by atoms with Gasteiger partial charge in [-0.2, -0.15) is 0 Å². The van der Waals surface area contributed by atoms with Crippen molar-refractivity contribution < 1.29 is 0 Å². The number of hydrogen-bond acceptors (Lipinski definition) is 3. The van der Waals surface area contributed by atoms with Crippen LogP contribution in [0.4, 0.5) is 0 Å². The second-order valence-corrected chi connectivity index (χ2v) is 5.99. The Morgan fingerprint density at radius 3 is 2.73 bits per heavy atom. The second kappa shape index (κ2) is 4.22. The first-order valence-corrected chi connectivity index (χ1v) is 6.66. The zero-order valence-corrected chi connectivity index (χ0v) is 10.7. The van der Waals surface area contributed by atoms with E-state index in [1.54, 1.807) is 11.3 Å². The van der Waals surface area contributed by atoms with Crippen LogP contribution in [0.25, 0.3) is 0 Å². The predicted octanol–water partition coefficient (Wildman–Crippen LogP) is 3.30. The van der Waals surface area contributed by atoms with E-state index in [1.807, 2.05) is 0 Å². The number of thiazole rings is 1. The largest absolute Gasteiger partial charge is 0.306 e. The van der Waals surface area contributed by atoms with Crippen LogP contribution in [0.15, 0.2) is 5.38 Å². The fourth-order valence-electron chi connectivity index (χ4n) is 1.86. The summed E-state index contributed by atoms with van der Waals surface area (Å²) in [5.74, 6) is 0.558. The highest BCUT2D eigenvalue weighted by molar-refractivity contribution is 7.09. The standard InChI is InChI=1S/C12H20N2S/c1-9(2)11-14-10(8-15-11)7-13-12(3)5-4-6-12/h8-9,13H,4-7H2,1-3H3. The van der Waals surface area contributed by atoms with E-state index in [9.17, 15) is 0 Å². The topological polar surface area (TPSA) is 24.9 Å². The smallest absolute Gasteiger partial charge is 0.0954 e. The van der Waals surface area contributed by atoms with Gasteiger partial charge in [-0.15, -0.1) is 11.3 Å². The summed E-state index contributed by atoms with van der Waals surface area (Å²) in [6.45, 7) is 7.64. The molecule has 2 nitrogen and oxygen atoms in total. The molecule has 1 aromatic rings. The van der Waals surface area contributed by atoms with Gasteiger partial charge in [0.25, 0.3) is 0 Å². The van der Waals surface area contributed by atoms with Gasteiger partial charge in [0.05, 0.1) is 10.7 Å². The van der Waals surface area contributed by atoms with Crippen LogP contribution in [0.1, 0.15) is 56.7 Å². The van der Waals surface area contributed by atoms with Crippen LogP contribution in [-0.4, -0.2) is 10.5 Å². The molecule has 0 atom stereocenters. The molecule has 0 bridgehead atoms. The van der Waals surface area contributed by atoms with Crippen molar-refractivity contribution in [3.8, 4) is 0 Å². The van der Waals surface area contributed by atoms with Gasteiger partial charge < -0.3 is 5.32 Å². The van der Waals surface area contributed by atoms with Gasteiger partial charge in [0.1, 0.15) is 0 Å².